The van der Waals surface area contributed by atoms with Gasteiger partial charge in [-0.25, -0.2) is 0 Å². The molecule has 1 aliphatic heterocycles. The first-order valence-electron chi connectivity index (χ1n) is 7.38. The van der Waals surface area contributed by atoms with Gasteiger partial charge in [0.2, 0.25) is 5.91 Å². The minimum absolute atomic E-state index is 0. The predicted octanol–water partition coefficient (Wildman–Crippen LogP) is 2.20. The summed E-state index contributed by atoms with van der Waals surface area (Å²) in [4.78, 5) is 14.3. The average molecular weight is 348 g/mol. The molecule has 0 aromatic heterocycles. The fourth-order valence-electron chi connectivity index (χ4n) is 2.54. The van der Waals surface area contributed by atoms with Crippen LogP contribution in [0.3, 0.4) is 0 Å². The van der Waals surface area contributed by atoms with E-state index in [0.717, 1.165) is 26.1 Å². The highest BCUT2D eigenvalue weighted by atomic mass is 35.5. The van der Waals surface area contributed by atoms with E-state index in [0.29, 0.717) is 0 Å². The molecule has 1 saturated heterocycles. The fourth-order valence-corrected chi connectivity index (χ4v) is 2.54. The van der Waals surface area contributed by atoms with Crippen LogP contribution in [0.4, 0.5) is 0 Å². The lowest BCUT2D eigenvalue weighted by Crippen LogP contribution is -2.48. The number of nitrogens with one attached hydrogen (secondary N) is 1. The van der Waals surface area contributed by atoms with E-state index in [4.69, 9.17) is 5.73 Å². The summed E-state index contributed by atoms with van der Waals surface area (Å²) in [5, 5.41) is 3.07. The minimum Gasteiger partial charge on any atom is -0.351 e. The van der Waals surface area contributed by atoms with Crippen LogP contribution in [0.15, 0.2) is 30.3 Å². The van der Waals surface area contributed by atoms with E-state index < -0.39 is 6.04 Å². The van der Waals surface area contributed by atoms with Crippen molar-refractivity contribution in [3.05, 3.63) is 35.9 Å². The standard InChI is InChI=1S/C16H25N3O.2ClH/c1-12(2)15(17)16(20)18-14-8-9-19(11-14)10-13-6-4-3-5-7-13;;/h3-7,12,14-15H,8-11,17H2,1-2H3,(H,18,20);2*1H/t14?,15-;;/m0../s1. The summed E-state index contributed by atoms with van der Waals surface area (Å²) in [7, 11) is 0. The second-order valence-electron chi connectivity index (χ2n) is 5.98. The Kier molecular flexibility index (Phi) is 9.69. The maximum atomic E-state index is 12.0. The molecular weight excluding hydrogens is 321 g/mol. The Labute approximate surface area is 145 Å². The van der Waals surface area contributed by atoms with Crippen LogP contribution in [-0.4, -0.2) is 36.0 Å². The Balaban J connectivity index is 0.00000220. The normalized spacial score (nSPS) is 19.2. The smallest absolute Gasteiger partial charge is 0.237 e. The number of rotatable bonds is 5. The lowest BCUT2D eigenvalue weighted by atomic mass is 10.0. The summed E-state index contributed by atoms with van der Waals surface area (Å²) in [6.07, 6.45) is 1.00. The molecule has 2 atom stereocenters. The molecule has 22 heavy (non-hydrogen) atoms. The molecule has 0 aliphatic carbocycles. The molecular formula is C16H27Cl2N3O. The molecule has 1 amide bonds. The number of carbonyl (C=O) groups is 1. The molecule has 1 unspecified atom stereocenters. The molecule has 6 heteroatoms. The minimum atomic E-state index is -0.404. The molecule has 3 N–H and O–H groups in total. The van der Waals surface area contributed by atoms with Gasteiger partial charge in [-0.2, -0.15) is 0 Å². The van der Waals surface area contributed by atoms with Crippen molar-refractivity contribution in [2.24, 2.45) is 11.7 Å². The van der Waals surface area contributed by atoms with E-state index in [1.165, 1.54) is 5.56 Å². The number of carbonyl (C=O) groups excluding carboxylic acids is 1. The summed E-state index contributed by atoms with van der Waals surface area (Å²) in [5.74, 6) is 0.156. The number of nitrogens with zero attached hydrogens (tertiary/aromatic N) is 1. The topological polar surface area (TPSA) is 58.4 Å². The first-order valence-corrected chi connectivity index (χ1v) is 7.38. The molecule has 2 rings (SSSR count). The number of amides is 1. The van der Waals surface area contributed by atoms with E-state index >= 15 is 0 Å². The summed E-state index contributed by atoms with van der Waals surface area (Å²) < 4.78 is 0. The number of hydrogen-bond donors (Lipinski definition) is 2. The molecule has 1 aromatic carbocycles. The Hall–Kier alpha value is -0.810. The number of hydrogen-bond acceptors (Lipinski definition) is 3. The highest BCUT2D eigenvalue weighted by Gasteiger charge is 2.26. The zero-order valence-electron chi connectivity index (χ0n) is 13.2. The molecule has 4 nitrogen and oxygen atoms in total. The first-order chi connectivity index (χ1) is 9.56. The highest BCUT2D eigenvalue weighted by molar-refractivity contribution is 5.85. The number of nitrogens with two attached hydrogens (primary N) is 1. The van der Waals surface area contributed by atoms with Crippen molar-refractivity contribution in [1.82, 2.24) is 10.2 Å². The van der Waals surface area contributed by atoms with Crippen molar-refractivity contribution < 1.29 is 4.79 Å². The van der Waals surface area contributed by atoms with Gasteiger partial charge in [-0.3, -0.25) is 9.69 Å². The SMILES string of the molecule is CC(C)[C@H](N)C(=O)NC1CCN(Cc2ccccc2)C1.Cl.Cl. The van der Waals surface area contributed by atoms with E-state index in [9.17, 15) is 4.79 Å². The van der Waals surface area contributed by atoms with Gasteiger partial charge in [0.25, 0.3) is 0 Å². The van der Waals surface area contributed by atoms with E-state index in [1.54, 1.807) is 0 Å². The molecule has 1 heterocycles. The van der Waals surface area contributed by atoms with Crippen LogP contribution in [-0.2, 0) is 11.3 Å². The molecule has 1 aromatic rings. The number of likely N-dealkylation sites (tertiary alicyclic amines) is 1. The van der Waals surface area contributed by atoms with Crippen LogP contribution in [0, 0.1) is 5.92 Å². The van der Waals surface area contributed by atoms with Crippen LogP contribution < -0.4 is 11.1 Å². The van der Waals surface area contributed by atoms with Crippen molar-refractivity contribution in [3.8, 4) is 0 Å². The van der Waals surface area contributed by atoms with Crippen molar-refractivity contribution in [3.63, 3.8) is 0 Å². The van der Waals surface area contributed by atoms with Gasteiger partial charge < -0.3 is 11.1 Å². The van der Waals surface area contributed by atoms with Crippen LogP contribution >= 0.6 is 24.8 Å². The summed E-state index contributed by atoms with van der Waals surface area (Å²) >= 11 is 0. The maximum Gasteiger partial charge on any atom is 0.237 e. The van der Waals surface area contributed by atoms with Gasteiger partial charge >= 0.3 is 0 Å². The Morgan fingerprint density at radius 3 is 2.55 bits per heavy atom. The maximum absolute atomic E-state index is 12.0. The van der Waals surface area contributed by atoms with E-state index in [-0.39, 0.29) is 42.7 Å². The van der Waals surface area contributed by atoms with Gasteiger partial charge in [-0.05, 0) is 17.9 Å². The molecule has 1 fully saturated rings. The molecule has 126 valence electrons. The zero-order valence-corrected chi connectivity index (χ0v) is 14.8. The molecule has 0 radical (unpaired) electrons. The summed E-state index contributed by atoms with van der Waals surface area (Å²) in [5.41, 5.74) is 7.19. The largest absolute Gasteiger partial charge is 0.351 e. The van der Waals surface area contributed by atoms with Gasteiger partial charge in [-0.15, -0.1) is 24.8 Å². The van der Waals surface area contributed by atoms with Crippen LogP contribution in [0.1, 0.15) is 25.8 Å². The van der Waals surface area contributed by atoms with Crippen LogP contribution in [0.25, 0.3) is 0 Å². The second kappa shape index (κ2) is 10.1. The first kappa shape index (κ1) is 21.2. The van der Waals surface area contributed by atoms with Crippen molar-refractivity contribution in [2.45, 2.75) is 38.9 Å². The van der Waals surface area contributed by atoms with Crippen molar-refractivity contribution in [2.75, 3.05) is 13.1 Å². The highest BCUT2D eigenvalue weighted by Crippen LogP contribution is 2.13. The Morgan fingerprint density at radius 1 is 1.32 bits per heavy atom. The summed E-state index contributed by atoms with van der Waals surface area (Å²) in [6.45, 7) is 6.83. The number of benzene rings is 1. The van der Waals surface area contributed by atoms with Crippen LogP contribution in [0.2, 0.25) is 0 Å². The van der Waals surface area contributed by atoms with Gasteiger partial charge in [0.1, 0.15) is 0 Å². The molecule has 0 spiro atoms. The van der Waals surface area contributed by atoms with E-state index in [2.05, 4.69) is 34.5 Å². The molecule has 0 saturated carbocycles. The Bertz CT molecular complexity index is 442. The number of halogens is 2. The van der Waals surface area contributed by atoms with Gasteiger partial charge in [-0.1, -0.05) is 44.2 Å². The lowest BCUT2D eigenvalue weighted by Gasteiger charge is -2.20. The lowest BCUT2D eigenvalue weighted by molar-refractivity contribution is -0.123. The quantitative estimate of drug-likeness (QED) is 0.858. The predicted molar refractivity (Wildman–Crippen MR) is 95.6 cm³/mol. The van der Waals surface area contributed by atoms with Gasteiger partial charge in [0.05, 0.1) is 6.04 Å². The third-order valence-electron chi connectivity index (χ3n) is 3.89. The van der Waals surface area contributed by atoms with Crippen molar-refractivity contribution in [1.29, 1.82) is 0 Å². The molecule has 0 bridgehead atoms. The van der Waals surface area contributed by atoms with E-state index in [1.807, 2.05) is 19.9 Å². The van der Waals surface area contributed by atoms with Gasteiger partial charge in [0.15, 0.2) is 0 Å². The third kappa shape index (κ3) is 6.13. The summed E-state index contributed by atoms with van der Waals surface area (Å²) in [6, 6.07) is 10.3. The molecule has 1 aliphatic rings. The zero-order chi connectivity index (χ0) is 14.5. The average Bonchev–Trinajstić information content (AvgIpc) is 2.86. The second-order valence-corrected chi connectivity index (χ2v) is 5.98. The third-order valence-corrected chi connectivity index (χ3v) is 3.89. The fraction of sp³-hybridized carbons (Fsp3) is 0.562. The van der Waals surface area contributed by atoms with Crippen LogP contribution in [0.5, 0.6) is 0 Å². The Morgan fingerprint density at radius 2 is 1.95 bits per heavy atom. The van der Waals surface area contributed by atoms with Gasteiger partial charge in [0, 0.05) is 25.7 Å². The van der Waals surface area contributed by atoms with Crippen molar-refractivity contribution >= 4 is 30.7 Å². The monoisotopic (exact) mass is 347 g/mol.